The molecule has 0 aliphatic carbocycles. The van der Waals surface area contributed by atoms with Crippen LogP contribution in [0.2, 0.25) is 0 Å². The maximum Gasteiger partial charge on any atom is 0.161 e. The molecule has 0 saturated heterocycles. The van der Waals surface area contributed by atoms with Crippen LogP contribution in [0.5, 0.6) is 11.5 Å². The Bertz CT molecular complexity index is 426. The molecule has 0 bridgehead atoms. The number of hydrogen-bond acceptors (Lipinski definition) is 4. The summed E-state index contributed by atoms with van der Waals surface area (Å²) in [4.78, 5) is 0. The Kier molecular flexibility index (Phi) is 4.63. The third-order valence-corrected chi connectivity index (χ3v) is 4.18. The Morgan fingerprint density at radius 2 is 1.89 bits per heavy atom. The lowest BCUT2D eigenvalue weighted by Crippen LogP contribution is -2.12. The van der Waals surface area contributed by atoms with E-state index in [2.05, 4.69) is 20.8 Å². The number of aliphatic hydroxyl groups excluding tert-OH is 1. The number of rotatable bonds is 3. The van der Waals surface area contributed by atoms with Crippen molar-refractivity contribution in [3.8, 4) is 11.5 Å². The molecule has 1 aliphatic rings. The normalized spacial score (nSPS) is 16.8. The topological polar surface area (TPSA) is 38.7 Å². The summed E-state index contributed by atoms with van der Waals surface area (Å²) in [5, 5.41) is 10.2. The molecule has 1 N–H and O–H groups in total. The van der Waals surface area contributed by atoms with Gasteiger partial charge in [0.15, 0.2) is 11.5 Å². The van der Waals surface area contributed by atoms with Crippen molar-refractivity contribution in [1.82, 2.24) is 0 Å². The first-order valence-corrected chi connectivity index (χ1v) is 7.66. The lowest BCUT2D eigenvalue weighted by Gasteiger charge is -2.20. The van der Waals surface area contributed by atoms with Gasteiger partial charge in [0.25, 0.3) is 0 Å². The van der Waals surface area contributed by atoms with E-state index in [9.17, 15) is 5.11 Å². The average Bonchev–Trinajstić information content (AvgIpc) is 2.59. The van der Waals surface area contributed by atoms with Crippen LogP contribution in [0.1, 0.15) is 38.9 Å². The number of hydrogen-bond donors (Lipinski definition) is 1. The van der Waals surface area contributed by atoms with Gasteiger partial charge in [-0.05, 0) is 17.7 Å². The lowest BCUT2D eigenvalue weighted by molar-refractivity contribution is 0.203. The molecule has 1 heterocycles. The standard InChI is InChI=1S/C15H22O3S/c1-15(2,3)19-10-12(16)11-5-6-13-14(9-11)18-8-4-7-17-13/h5-6,9,12,16H,4,7-8,10H2,1-3H3. The minimum absolute atomic E-state index is 0.159. The van der Waals surface area contributed by atoms with Crippen molar-refractivity contribution in [2.75, 3.05) is 19.0 Å². The first-order valence-electron chi connectivity index (χ1n) is 6.67. The fraction of sp³-hybridized carbons (Fsp3) is 0.600. The molecule has 0 amide bonds. The summed E-state index contributed by atoms with van der Waals surface area (Å²) in [6.45, 7) is 7.81. The first-order chi connectivity index (χ1) is 8.96. The van der Waals surface area contributed by atoms with E-state index < -0.39 is 6.10 Å². The van der Waals surface area contributed by atoms with E-state index in [1.54, 1.807) is 11.8 Å². The highest BCUT2D eigenvalue weighted by Gasteiger charge is 2.17. The van der Waals surface area contributed by atoms with Crippen LogP contribution in [0.15, 0.2) is 18.2 Å². The zero-order valence-corrected chi connectivity index (χ0v) is 12.6. The Labute approximate surface area is 119 Å². The molecule has 0 saturated carbocycles. The summed E-state index contributed by atoms with van der Waals surface area (Å²) in [5.41, 5.74) is 0.890. The molecule has 1 atom stereocenters. The van der Waals surface area contributed by atoms with Gasteiger partial charge >= 0.3 is 0 Å². The summed E-state index contributed by atoms with van der Waals surface area (Å²) in [7, 11) is 0. The van der Waals surface area contributed by atoms with E-state index in [0.29, 0.717) is 19.0 Å². The molecule has 0 fully saturated rings. The second kappa shape index (κ2) is 6.06. The number of ether oxygens (including phenoxy) is 2. The van der Waals surface area contributed by atoms with Crippen molar-refractivity contribution in [3.05, 3.63) is 23.8 Å². The zero-order valence-electron chi connectivity index (χ0n) is 11.8. The maximum absolute atomic E-state index is 10.2. The molecule has 0 aromatic heterocycles. The minimum Gasteiger partial charge on any atom is -0.490 e. The number of fused-ring (bicyclic) bond motifs is 1. The number of aliphatic hydroxyl groups is 1. The van der Waals surface area contributed by atoms with Gasteiger partial charge in [0.1, 0.15) is 0 Å². The Morgan fingerprint density at radius 3 is 2.58 bits per heavy atom. The van der Waals surface area contributed by atoms with Crippen molar-refractivity contribution in [1.29, 1.82) is 0 Å². The molecular formula is C15H22O3S. The summed E-state index contributed by atoms with van der Waals surface area (Å²) >= 11 is 1.76. The molecule has 1 unspecified atom stereocenters. The summed E-state index contributed by atoms with van der Waals surface area (Å²) < 4.78 is 11.4. The van der Waals surface area contributed by atoms with Gasteiger partial charge in [-0.2, -0.15) is 11.8 Å². The molecule has 0 spiro atoms. The Morgan fingerprint density at radius 1 is 1.21 bits per heavy atom. The van der Waals surface area contributed by atoms with E-state index in [-0.39, 0.29) is 4.75 Å². The van der Waals surface area contributed by atoms with Crippen LogP contribution in [-0.4, -0.2) is 28.8 Å². The highest BCUT2D eigenvalue weighted by atomic mass is 32.2. The van der Waals surface area contributed by atoms with Crippen LogP contribution in [0, 0.1) is 0 Å². The van der Waals surface area contributed by atoms with Gasteiger partial charge in [-0.25, -0.2) is 0 Å². The summed E-state index contributed by atoms with van der Waals surface area (Å²) in [6, 6.07) is 5.71. The van der Waals surface area contributed by atoms with E-state index in [1.807, 2.05) is 18.2 Å². The fourth-order valence-corrected chi connectivity index (χ4v) is 2.66. The highest BCUT2D eigenvalue weighted by molar-refractivity contribution is 8.00. The van der Waals surface area contributed by atoms with Gasteiger partial charge in [-0.1, -0.05) is 26.8 Å². The van der Waals surface area contributed by atoms with Gasteiger partial charge in [-0.3, -0.25) is 0 Å². The predicted molar refractivity (Wildman–Crippen MR) is 79.2 cm³/mol. The third-order valence-electron chi connectivity index (χ3n) is 2.83. The van der Waals surface area contributed by atoms with Crippen molar-refractivity contribution in [2.24, 2.45) is 0 Å². The summed E-state index contributed by atoms with van der Waals surface area (Å²) in [5.74, 6) is 2.20. The number of benzene rings is 1. The van der Waals surface area contributed by atoms with Crippen molar-refractivity contribution >= 4 is 11.8 Å². The monoisotopic (exact) mass is 282 g/mol. The molecular weight excluding hydrogens is 260 g/mol. The molecule has 4 heteroatoms. The first kappa shape index (κ1) is 14.5. The minimum atomic E-state index is -0.471. The maximum atomic E-state index is 10.2. The lowest BCUT2D eigenvalue weighted by atomic mass is 10.1. The molecule has 2 rings (SSSR count). The van der Waals surface area contributed by atoms with Crippen molar-refractivity contribution in [3.63, 3.8) is 0 Å². The molecule has 1 aromatic carbocycles. The SMILES string of the molecule is CC(C)(C)SCC(O)c1ccc2c(c1)OCCCO2. The van der Waals surface area contributed by atoms with Crippen molar-refractivity contribution < 1.29 is 14.6 Å². The molecule has 106 valence electrons. The van der Waals surface area contributed by atoms with Crippen LogP contribution in [-0.2, 0) is 0 Å². The smallest absolute Gasteiger partial charge is 0.161 e. The molecule has 1 aromatic rings. The Hall–Kier alpha value is -0.870. The van der Waals surface area contributed by atoms with Crippen LogP contribution < -0.4 is 9.47 Å². The fourth-order valence-electron chi connectivity index (χ4n) is 1.81. The van der Waals surface area contributed by atoms with Crippen LogP contribution >= 0.6 is 11.8 Å². The van der Waals surface area contributed by atoms with Gasteiger partial charge in [0.05, 0.1) is 19.3 Å². The zero-order chi connectivity index (χ0) is 13.9. The Balaban J connectivity index is 2.06. The van der Waals surface area contributed by atoms with Crippen LogP contribution in [0.3, 0.4) is 0 Å². The molecule has 0 radical (unpaired) electrons. The van der Waals surface area contributed by atoms with Gasteiger partial charge in [-0.15, -0.1) is 0 Å². The third kappa shape index (κ3) is 4.32. The van der Waals surface area contributed by atoms with E-state index >= 15 is 0 Å². The highest BCUT2D eigenvalue weighted by Crippen LogP contribution is 2.34. The quantitative estimate of drug-likeness (QED) is 0.922. The van der Waals surface area contributed by atoms with Crippen LogP contribution in [0.25, 0.3) is 0 Å². The molecule has 1 aliphatic heterocycles. The largest absolute Gasteiger partial charge is 0.490 e. The van der Waals surface area contributed by atoms with Gasteiger partial charge in [0, 0.05) is 16.9 Å². The van der Waals surface area contributed by atoms with Crippen molar-refractivity contribution in [2.45, 2.75) is 38.0 Å². The van der Waals surface area contributed by atoms with Gasteiger partial charge in [0.2, 0.25) is 0 Å². The average molecular weight is 282 g/mol. The summed E-state index contributed by atoms with van der Waals surface area (Å²) in [6.07, 6.45) is 0.424. The second-order valence-electron chi connectivity index (χ2n) is 5.70. The predicted octanol–water partition coefficient (Wildman–Crippen LogP) is 3.41. The second-order valence-corrected chi connectivity index (χ2v) is 7.54. The molecule has 19 heavy (non-hydrogen) atoms. The van der Waals surface area contributed by atoms with E-state index in [0.717, 1.165) is 23.5 Å². The molecule has 3 nitrogen and oxygen atoms in total. The van der Waals surface area contributed by atoms with Crippen LogP contribution in [0.4, 0.5) is 0 Å². The number of thioether (sulfide) groups is 1. The van der Waals surface area contributed by atoms with E-state index in [1.165, 1.54) is 0 Å². The van der Waals surface area contributed by atoms with E-state index in [4.69, 9.17) is 9.47 Å². The van der Waals surface area contributed by atoms with Gasteiger partial charge < -0.3 is 14.6 Å².